The SMILES string of the molecule is C=C(C)C(=O)OC[Si](CC)(OC)OC. The maximum absolute atomic E-state index is 11.1. The van der Waals surface area contributed by atoms with E-state index in [0.717, 1.165) is 6.04 Å². The van der Waals surface area contributed by atoms with Crippen molar-refractivity contribution in [1.29, 1.82) is 0 Å². The number of hydrogen-bond donors (Lipinski definition) is 0. The van der Waals surface area contributed by atoms with Crippen LogP contribution in [0.1, 0.15) is 13.8 Å². The quantitative estimate of drug-likeness (QED) is 0.384. The molecule has 0 radical (unpaired) electrons. The van der Waals surface area contributed by atoms with Crippen LogP contribution in [0.2, 0.25) is 6.04 Å². The van der Waals surface area contributed by atoms with Crippen LogP contribution in [0.3, 0.4) is 0 Å². The summed E-state index contributed by atoms with van der Waals surface area (Å²) in [7, 11) is 0.844. The van der Waals surface area contributed by atoms with Crippen molar-refractivity contribution in [3.8, 4) is 0 Å². The van der Waals surface area contributed by atoms with E-state index in [2.05, 4.69) is 6.58 Å². The Morgan fingerprint density at radius 2 is 1.86 bits per heavy atom. The van der Waals surface area contributed by atoms with E-state index in [4.69, 9.17) is 13.6 Å². The molecule has 14 heavy (non-hydrogen) atoms. The third-order valence-corrected chi connectivity index (χ3v) is 5.20. The average molecular weight is 218 g/mol. The number of hydrogen-bond acceptors (Lipinski definition) is 4. The van der Waals surface area contributed by atoms with Gasteiger partial charge in [0.15, 0.2) is 0 Å². The Labute approximate surface area is 86.1 Å². The topological polar surface area (TPSA) is 44.8 Å². The summed E-state index contributed by atoms with van der Waals surface area (Å²) in [5, 5.41) is 0. The van der Waals surface area contributed by atoms with Crippen LogP contribution in [0.15, 0.2) is 12.2 Å². The van der Waals surface area contributed by atoms with Gasteiger partial charge in [-0.15, -0.1) is 0 Å². The van der Waals surface area contributed by atoms with Gasteiger partial charge in [-0.3, -0.25) is 0 Å². The normalized spacial score (nSPS) is 11.1. The van der Waals surface area contributed by atoms with Crippen molar-refractivity contribution in [3.63, 3.8) is 0 Å². The van der Waals surface area contributed by atoms with E-state index in [-0.39, 0.29) is 6.23 Å². The minimum atomic E-state index is -2.31. The van der Waals surface area contributed by atoms with Crippen LogP contribution >= 0.6 is 0 Å². The van der Waals surface area contributed by atoms with E-state index in [0.29, 0.717) is 5.57 Å². The van der Waals surface area contributed by atoms with E-state index < -0.39 is 14.5 Å². The van der Waals surface area contributed by atoms with Gasteiger partial charge in [-0.05, 0) is 13.0 Å². The highest BCUT2D eigenvalue weighted by atomic mass is 28.4. The van der Waals surface area contributed by atoms with E-state index in [1.54, 1.807) is 21.1 Å². The van der Waals surface area contributed by atoms with Gasteiger partial charge in [0, 0.05) is 19.8 Å². The van der Waals surface area contributed by atoms with Crippen molar-refractivity contribution >= 4 is 14.5 Å². The maximum atomic E-state index is 11.1. The molecule has 0 aliphatic rings. The van der Waals surface area contributed by atoms with E-state index in [9.17, 15) is 4.79 Å². The third-order valence-electron chi connectivity index (χ3n) is 2.05. The Morgan fingerprint density at radius 1 is 1.36 bits per heavy atom. The molecule has 0 aromatic carbocycles. The minimum Gasteiger partial charge on any atom is -0.460 e. The monoisotopic (exact) mass is 218 g/mol. The predicted molar refractivity (Wildman–Crippen MR) is 56.0 cm³/mol. The van der Waals surface area contributed by atoms with Crippen LogP contribution in [0.25, 0.3) is 0 Å². The number of esters is 1. The van der Waals surface area contributed by atoms with Crippen LogP contribution in [0.5, 0.6) is 0 Å². The molecule has 0 amide bonds. The second-order valence-electron chi connectivity index (χ2n) is 3.03. The molecule has 0 saturated carbocycles. The lowest BCUT2D eigenvalue weighted by atomic mass is 10.4. The van der Waals surface area contributed by atoms with Gasteiger partial charge in [-0.2, -0.15) is 0 Å². The van der Waals surface area contributed by atoms with Crippen LogP contribution < -0.4 is 0 Å². The van der Waals surface area contributed by atoms with Gasteiger partial charge in [0.05, 0.1) is 0 Å². The molecule has 0 aliphatic heterocycles. The van der Waals surface area contributed by atoms with Crippen molar-refractivity contribution in [2.75, 3.05) is 20.4 Å². The maximum Gasteiger partial charge on any atom is 0.376 e. The molecule has 0 aromatic rings. The molecule has 0 atom stereocenters. The summed E-state index contributed by atoms with van der Waals surface area (Å²) in [6.07, 6.45) is 0.211. The lowest BCUT2D eigenvalue weighted by molar-refractivity contribution is -0.137. The molecular formula is C9H18O4Si. The fourth-order valence-electron chi connectivity index (χ4n) is 0.891. The summed E-state index contributed by atoms with van der Waals surface area (Å²) in [5.74, 6) is -0.399. The number of carbonyl (C=O) groups excluding carboxylic acids is 1. The van der Waals surface area contributed by atoms with E-state index in [1.807, 2.05) is 6.92 Å². The van der Waals surface area contributed by atoms with Crippen LogP contribution in [-0.2, 0) is 18.4 Å². The predicted octanol–water partition coefficient (Wildman–Crippen LogP) is 1.40. The lowest BCUT2D eigenvalue weighted by Gasteiger charge is -2.25. The lowest BCUT2D eigenvalue weighted by Crippen LogP contribution is -2.45. The minimum absolute atomic E-state index is 0.211. The van der Waals surface area contributed by atoms with Crippen molar-refractivity contribution in [2.24, 2.45) is 0 Å². The number of rotatable bonds is 6. The fourth-order valence-corrected chi connectivity index (χ4v) is 2.43. The molecule has 5 heteroatoms. The second-order valence-corrected chi connectivity index (χ2v) is 6.66. The smallest absolute Gasteiger partial charge is 0.376 e. The Bertz CT molecular complexity index is 203. The highest BCUT2D eigenvalue weighted by Gasteiger charge is 2.35. The highest BCUT2D eigenvalue weighted by molar-refractivity contribution is 6.67. The molecule has 0 fully saturated rings. The summed E-state index contributed by atoms with van der Waals surface area (Å²) in [4.78, 5) is 11.1. The van der Waals surface area contributed by atoms with Crippen LogP contribution in [0.4, 0.5) is 0 Å². The molecule has 0 aliphatic carbocycles. The summed E-state index contributed by atoms with van der Waals surface area (Å²) >= 11 is 0. The van der Waals surface area contributed by atoms with Gasteiger partial charge in [-0.1, -0.05) is 13.5 Å². The van der Waals surface area contributed by atoms with Gasteiger partial charge in [0.1, 0.15) is 6.23 Å². The molecule has 0 saturated heterocycles. The first-order chi connectivity index (χ1) is 6.51. The first-order valence-corrected chi connectivity index (χ1v) is 6.67. The van der Waals surface area contributed by atoms with Gasteiger partial charge in [0.2, 0.25) is 0 Å². The van der Waals surface area contributed by atoms with Gasteiger partial charge < -0.3 is 13.6 Å². The zero-order chi connectivity index (χ0) is 11.2. The zero-order valence-electron chi connectivity index (χ0n) is 9.25. The summed E-state index contributed by atoms with van der Waals surface area (Å²) in [6, 6.07) is 0.740. The summed E-state index contributed by atoms with van der Waals surface area (Å²) < 4.78 is 15.6. The second kappa shape index (κ2) is 5.95. The van der Waals surface area contributed by atoms with Gasteiger partial charge in [0.25, 0.3) is 0 Å². The molecule has 0 aromatic heterocycles. The largest absolute Gasteiger partial charge is 0.460 e. The molecule has 0 bridgehead atoms. The van der Waals surface area contributed by atoms with Crippen molar-refractivity contribution in [2.45, 2.75) is 19.9 Å². The summed E-state index contributed by atoms with van der Waals surface area (Å²) in [5.41, 5.74) is 0.385. The van der Waals surface area contributed by atoms with Gasteiger partial charge >= 0.3 is 14.5 Å². The van der Waals surface area contributed by atoms with Crippen LogP contribution in [0, 0.1) is 0 Å². The molecule has 82 valence electrons. The Morgan fingerprint density at radius 3 is 2.14 bits per heavy atom. The van der Waals surface area contributed by atoms with Crippen molar-refractivity contribution in [1.82, 2.24) is 0 Å². The highest BCUT2D eigenvalue weighted by Crippen LogP contribution is 2.12. The molecule has 4 nitrogen and oxygen atoms in total. The van der Waals surface area contributed by atoms with E-state index >= 15 is 0 Å². The first-order valence-electron chi connectivity index (χ1n) is 4.44. The third kappa shape index (κ3) is 3.61. The Hall–Kier alpha value is -0.653. The van der Waals surface area contributed by atoms with Crippen molar-refractivity contribution in [3.05, 3.63) is 12.2 Å². The fraction of sp³-hybridized carbons (Fsp3) is 0.667. The standard InChI is InChI=1S/C9H18O4Si/c1-6-14(11-4,12-5)7-13-9(10)8(2)3/h2,6-7H2,1,3-5H3. The Balaban J connectivity index is 4.19. The molecule has 0 heterocycles. The van der Waals surface area contributed by atoms with E-state index in [1.165, 1.54) is 0 Å². The average Bonchev–Trinajstić information content (AvgIpc) is 2.20. The molecule has 0 N–H and O–H groups in total. The summed E-state index contributed by atoms with van der Waals surface area (Å²) in [6.45, 7) is 7.05. The molecular weight excluding hydrogens is 200 g/mol. The Kier molecular flexibility index (Phi) is 5.67. The number of ether oxygens (including phenoxy) is 1. The molecule has 0 rings (SSSR count). The van der Waals surface area contributed by atoms with Crippen molar-refractivity contribution < 1.29 is 18.4 Å². The molecule has 0 spiro atoms. The van der Waals surface area contributed by atoms with Gasteiger partial charge in [-0.25, -0.2) is 4.79 Å². The number of carbonyl (C=O) groups is 1. The molecule has 0 unspecified atom stereocenters. The van der Waals surface area contributed by atoms with Crippen LogP contribution in [-0.4, -0.2) is 35.0 Å². The zero-order valence-corrected chi connectivity index (χ0v) is 10.3. The first kappa shape index (κ1) is 13.3.